The van der Waals surface area contributed by atoms with Gasteiger partial charge in [0.25, 0.3) is 0 Å². The molecular weight excluding hydrogens is 376 g/mol. The van der Waals surface area contributed by atoms with Gasteiger partial charge in [-0.2, -0.15) is 0 Å². The van der Waals surface area contributed by atoms with Gasteiger partial charge < -0.3 is 14.6 Å². The van der Waals surface area contributed by atoms with E-state index < -0.39 is 0 Å². The molecule has 156 valence electrons. The summed E-state index contributed by atoms with van der Waals surface area (Å²) in [7, 11) is 0. The van der Waals surface area contributed by atoms with Crippen LogP contribution in [-0.4, -0.2) is 47.2 Å². The lowest BCUT2D eigenvalue weighted by Crippen LogP contribution is -2.34. The zero-order valence-corrected chi connectivity index (χ0v) is 17.6. The van der Waals surface area contributed by atoms with E-state index in [1.54, 1.807) is 6.92 Å². The Morgan fingerprint density at radius 1 is 1.03 bits per heavy atom. The minimum atomic E-state index is 0.0758. The van der Waals surface area contributed by atoms with Crippen molar-refractivity contribution in [3.63, 3.8) is 0 Å². The lowest BCUT2D eigenvalue weighted by atomic mass is 9.96. The van der Waals surface area contributed by atoms with E-state index in [1.807, 2.05) is 18.2 Å². The average Bonchev–Trinajstić information content (AvgIpc) is 3.41. The van der Waals surface area contributed by atoms with Crippen molar-refractivity contribution in [2.75, 3.05) is 26.2 Å². The summed E-state index contributed by atoms with van der Waals surface area (Å²) in [6, 6.07) is 14.3. The van der Waals surface area contributed by atoms with Crippen molar-refractivity contribution in [2.45, 2.75) is 33.1 Å². The van der Waals surface area contributed by atoms with Crippen LogP contribution in [0, 0.1) is 13.8 Å². The van der Waals surface area contributed by atoms with E-state index in [1.165, 1.54) is 18.4 Å². The molecule has 0 aliphatic carbocycles. The smallest absolute Gasteiger partial charge is 0.247 e. The Hall–Kier alpha value is -2.99. The highest BCUT2D eigenvalue weighted by atomic mass is 16.4. The number of carbonyl (C=O) groups excluding carboxylic acids is 1. The number of likely N-dealkylation sites (tertiary alicyclic amines) is 1. The van der Waals surface area contributed by atoms with Crippen molar-refractivity contribution in [1.29, 1.82) is 0 Å². The molecule has 1 aliphatic rings. The quantitative estimate of drug-likeness (QED) is 0.649. The van der Waals surface area contributed by atoms with E-state index >= 15 is 0 Å². The molecule has 0 saturated carbocycles. The third kappa shape index (κ3) is 4.94. The summed E-state index contributed by atoms with van der Waals surface area (Å²) >= 11 is 0. The van der Waals surface area contributed by atoms with E-state index in [0.717, 1.165) is 48.4 Å². The van der Waals surface area contributed by atoms with Crippen LogP contribution in [0.2, 0.25) is 0 Å². The molecule has 3 aromatic rings. The van der Waals surface area contributed by atoms with Crippen molar-refractivity contribution < 1.29 is 9.21 Å². The first-order chi connectivity index (χ1) is 14.6. The van der Waals surface area contributed by atoms with Gasteiger partial charge in [0.1, 0.15) is 0 Å². The third-order valence-corrected chi connectivity index (χ3v) is 5.59. The molecule has 4 rings (SSSR count). The highest BCUT2D eigenvalue weighted by molar-refractivity contribution is 5.79. The van der Waals surface area contributed by atoms with Gasteiger partial charge in [-0.15, -0.1) is 10.2 Å². The molecule has 30 heavy (non-hydrogen) atoms. The molecule has 2 aromatic carbocycles. The second-order valence-electron chi connectivity index (χ2n) is 7.93. The maximum Gasteiger partial charge on any atom is 0.247 e. The predicted molar refractivity (Wildman–Crippen MR) is 117 cm³/mol. The Labute approximate surface area is 177 Å². The van der Waals surface area contributed by atoms with Crippen molar-refractivity contribution in [1.82, 2.24) is 20.4 Å². The van der Waals surface area contributed by atoms with E-state index in [9.17, 15) is 4.79 Å². The molecule has 0 radical (unpaired) electrons. The zero-order chi connectivity index (χ0) is 20.9. The summed E-state index contributed by atoms with van der Waals surface area (Å²) < 4.78 is 5.56. The molecule has 1 amide bonds. The summed E-state index contributed by atoms with van der Waals surface area (Å²) in [5, 5.41) is 11.1. The fourth-order valence-electron chi connectivity index (χ4n) is 3.89. The molecule has 2 heterocycles. The minimum Gasteiger partial charge on any atom is -0.421 e. The number of nitrogens with zero attached hydrogens (tertiary/aromatic N) is 3. The highest BCUT2D eigenvalue weighted by Crippen LogP contribution is 2.29. The van der Waals surface area contributed by atoms with Crippen LogP contribution < -0.4 is 5.32 Å². The van der Waals surface area contributed by atoms with Crippen molar-refractivity contribution in [3.8, 4) is 22.6 Å². The van der Waals surface area contributed by atoms with Gasteiger partial charge in [-0.25, -0.2) is 0 Å². The molecule has 0 atom stereocenters. The Kier molecular flexibility index (Phi) is 6.23. The van der Waals surface area contributed by atoms with Crippen molar-refractivity contribution >= 4 is 5.91 Å². The van der Waals surface area contributed by atoms with Gasteiger partial charge >= 0.3 is 0 Å². The normalized spacial score (nSPS) is 14.2. The van der Waals surface area contributed by atoms with E-state index in [0.29, 0.717) is 18.2 Å². The fourth-order valence-corrected chi connectivity index (χ4v) is 3.89. The highest BCUT2D eigenvalue weighted by Gasteiger charge is 2.12. The van der Waals surface area contributed by atoms with E-state index in [-0.39, 0.29) is 5.91 Å². The van der Waals surface area contributed by atoms with Gasteiger partial charge in [0.2, 0.25) is 17.7 Å². The lowest BCUT2D eigenvalue weighted by Gasteiger charge is -2.14. The van der Waals surface area contributed by atoms with Crippen LogP contribution in [-0.2, 0) is 11.2 Å². The number of aryl methyl sites for hydroxylation is 2. The van der Waals surface area contributed by atoms with E-state index in [2.05, 4.69) is 51.6 Å². The Bertz CT molecular complexity index is 1000. The van der Waals surface area contributed by atoms with Gasteiger partial charge in [-0.3, -0.25) is 4.79 Å². The Morgan fingerprint density at radius 3 is 2.47 bits per heavy atom. The fraction of sp³-hybridized carbons (Fsp3) is 0.375. The van der Waals surface area contributed by atoms with Crippen LogP contribution in [0.4, 0.5) is 0 Å². The Morgan fingerprint density at radius 2 is 1.77 bits per heavy atom. The van der Waals surface area contributed by atoms with Crippen LogP contribution in [0.25, 0.3) is 22.6 Å². The maximum absolute atomic E-state index is 12.2. The molecule has 1 aromatic heterocycles. The number of hydrogen-bond donors (Lipinski definition) is 1. The molecule has 0 unspecified atom stereocenters. The summed E-state index contributed by atoms with van der Waals surface area (Å²) in [4.78, 5) is 14.6. The number of rotatable bonds is 7. The molecule has 1 N–H and O–H groups in total. The zero-order valence-electron chi connectivity index (χ0n) is 17.6. The number of aromatic nitrogens is 2. The summed E-state index contributed by atoms with van der Waals surface area (Å²) in [5.41, 5.74) is 5.30. The molecule has 1 saturated heterocycles. The van der Waals surface area contributed by atoms with Gasteiger partial charge in [-0.1, -0.05) is 30.3 Å². The number of hydrogen-bond acceptors (Lipinski definition) is 5. The van der Waals surface area contributed by atoms with Gasteiger partial charge in [0.05, 0.1) is 6.42 Å². The van der Waals surface area contributed by atoms with Crippen LogP contribution in [0.15, 0.2) is 46.9 Å². The van der Waals surface area contributed by atoms with Gasteiger partial charge in [0.15, 0.2) is 0 Å². The van der Waals surface area contributed by atoms with Crippen LogP contribution >= 0.6 is 0 Å². The largest absolute Gasteiger partial charge is 0.421 e. The van der Waals surface area contributed by atoms with Crippen LogP contribution in [0.3, 0.4) is 0 Å². The SMILES string of the molecule is Cc1nnc(-c2ccc(C)c(-c3ccc(CC(=O)NCCN4CCCC4)cc3)c2)o1. The predicted octanol–water partition coefficient (Wildman–Crippen LogP) is 3.77. The Balaban J connectivity index is 1.39. The van der Waals surface area contributed by atoms with Gasteiger partial charge in [-0.05, 0) is 67.2 Å². The second-order valence-corrected chi connectivity index (χ2v) is 7.93. The molecule has 6 nitrogen and oxygen atoms in total. The van der Waals surface area contributed by atoms with E-state index in [4.69, 9.17) is 4.42 Å². The molecule has 0 spiro atoms. The topological polar surface area (TPSA) is 71.3 Å². The first kappa shape index (κ1) is 20.3. The number of nitrogens with one attached hydrogen (secondary N) is 1. The summed E-state index contributed by atoms with van der Waals surface area (Å²) in [6.07, 6.45) is 2.95. The number of amides is 1. The minimum absolute atomic E-state index is 0.0758. The average molecular weight is 405 g/mol. The first-order valence-corrected chi connectivity index (χ1v) is 10.6. The molecule has 1 fully saturated rings. The standard InChI is InChI=1S/C24H28N4O2/c1-17-5-8-21(24-27-26-18(2)30-24)16-22(17)20-9-6-19(7-10-20)15-23(29)25-11-14-28-12-3-4-13-28/h5-10,16H,3-4,11-15H2,1-2H3,(H,25,29). The lowest BCUT2D eigenvalue weighted by molar-refractivity contribution is -0.120. The first-order valence-electron chi connectivity index (χ1n) is 10.6. The van der Waals surface area contributed by atoms with Crippen molar-refractivity contribution in [3.05, 3.63) is 59.5 Å². The molecule has 1 aliphatic heterocycles. The molecule has 6 heteroatoms. The van der Waals surface area contributed by atoms with Crippen molar-refractivity contribution in [2.24, 2.45) is 0 Å². The van der Waals surface area contributed by atoms with Gasteiger partial charge in [0, 0.05) is 25.6 Å². The van der Waals surface area contributed by atoms with Crippen LogP contribution in [0.5, 0.6) is 0 Å². The second kappa shape index (κ2) is 9.22. The number of benzene rings is 2. The summed E-state index contributed by atoms with van der Waals surface area (Å²) in [6.45, 7) is 7.85. The summed E-state index contributed by atoms with van der Waals surface area (Å²) in [5.74, 6) is 1.15. The molecular formula is C24H28N4O2. The third-order valence-electron chi connectivity index (χ3n) is 5.59. The maximum atomic E-state index is 12.2. The molecule has 0 bridgehead atoms. The van der Waals surface area contributed by atoms with Crippen LogP contribution in [0.1, 0.15) is 29.9 Å². The monoisotopic (exact) mass is 404 g/mol. The number of carbonyl (C=O) groups is 1.